The van der Waals surface area contributed by atoms with E-state index in [0.717, 1.165) is 21.8 Å². The maximum Gasteiger partial charge on any atom is 0.268 e. The lowest BCUT2D eigenvalue weighted by Crippen LogP contribution is -2.30. The van der Waals surface area contributed by atoms with Crippen molar-refractivity contribution in [3.63, 3.8) is 0 Å². The van der Waals surface area contributed by atoms with Gasteiger partial charge in [-0.15, -0.1) is 0 Å². The minimum Gasteiger partial charge on any atom is -0.491 e. The first-order chi connectivity index (χ1) is 15.4. The fourth-order valence-electron chi connectivity index (χ4n) is 3.50. The van der Waals surface area contributed by atoms with Crippen molar-refractivity contribution in [1.82, 2.24) is 4.90 Å². The fraction of sp³-hybridized carbons (Fsp3) is 0.185. The first-order valence-corrected chi connectivity index (χ1v) is 11.4. The Morgan fingerprint density at radius 1 is 0.844 bits per heavy atom. The van der Waals surface area contributed by atoms with Crippen LogP contribution in [0, 0.1) is 6.92 Å². The molecule has 1 aliphatic heterocycles. The molecule has 0 aliphatic carbocycles. The fourth-order valence-corrected chi connectivity index (χ4v) is 4.54. The molecule has 4 nitrogen and oxygen atoms in total. The Kier molecular flexibility index (Phi) is 6.47. The lowest BCUT2D eigenvalue weighted by Gasteiger charge is -2.15. The molecule has 162 valence electrons. The molecule has 2 amide bonds. The van der Waals surface area contributed by atoms with E-state index in [9.17, 15) is 9.59 Å². The van der Waals surface area contributed by atoms with E-state index < -0.39 is 0 Å². The molecule has 0 saturated carbocycles. The van der Waals surface area contributed by atoms with Crippen LogP contribution in [0.3, 0.4) is 0 Å². The summed E-state index contributed by atoms with van der Waals surface area (Å²) in [6.07, 6.45) is 0.0592. The summed E-state index contributed by atoms with van der Waals surface area (Å²) >= 11 is 1.33. The highest BCUT2D eigenvalue weighted by atomic mass is 32.2. The second-order valence-corrected chi connectivity index (χ2v) is 9.08. The Morgan fingerprint density at radius 3 is 2.12 bits per heavy atom. The summed E-state index contributed by atoms with van der Waals surface area (Å²) in [6, 6.07) is 24.9. The predicted molar refractivity (Wildman–Crippen MR) is 128 cm³/mol. The van der Waals surface area contributed by atoms with Gasteiger partial charge < -0.3 is 4.74 Å². The van der Waals surface area contributed by atoms with Crippen molar-refractivity contribution in [3.8, 4) is 5.75 Å². The lowest BCUT2D eigenvalue weighted by atomic mass is 10.1. The van der Waals surface area contributed by atoms with Crippen molar-refractivity contribution in [2.24, 2.45) is 0 Å². The third-order valence-electron chi connectivity index (χ3n) is 5.06. The zero-order chi connectivity index (χ0) is 22.7. The first-order valence-electron chi connectivity index (χ1n) is 10.6. The highest BCUT2D eigenvalue weighted by Crippen LogP contribution is 2.40. The number of rotatable bonds is 7. The van der Waals surface area contributed by atoms with Crippen LogP contribution < -0.4 is 4.74 Å². The number of thioether (sulfide) groups is 1. The molecule has 3 aromatic carbocycles. The van der Waals surface area contributed by atoms with Crippen molar-refractivity contribution < 1.29 is 14.3 Å². The molecule has 0 unspecified atom stereocenters. The molecule has 0 N–H and O–H groups in total. The zero-order valence-electron chi connectivity index (χ0n) is 18.4. The van der Waals surface area contributed by atoms with Crippen molar-refractivity contribution in [2.45, 2.75) is 38.3 Å². The SMILES string of the molecule is Cc1ccc(CN2C(=O)C(Sc3ccccc3)=C(c3ccc(OC(C)C)cc3)C2=O)cc1. The van der Waals surface area contributed by atoms with Gasteiger partial charge in [0.2, 0.25) is 0 Å². The molecule has 5 heteroatoms. The van der Waals surface area contributed by atoms with Gasteiger partial charge in [0.25, 0.3) is 11.8 Å². The van der Waals surface area contributed by atoms with Crippen LogP contribution in [-0.4, -0.2) is 22.8 Å². The second-order valence-electron chi connectivity index (χ2n) is 7.99. The number of ether oxygens (including phenoxy) is 1. The van der Waals surface area contributed by atoms with Crippen LogP contribution in [0.5, 0.6) is 5.75 Å². The van der Waals surface area contributed by atoms with Gasteiger partial charge in [-0.1, -0.05) is 71.9 Å². The molecule has 0 aromatic heterocycles. The number of aryl methyl sites for hydroxylation is 1. The zero-order valence-corrected chi connectivity index (χ0v) is 19.2. The van der Waals surface area contributed by atoms with E-state index in [1.807, 2.05) is 99.6 Å². The number of imide groups is 1. The summed E-state index contributed by atoms with van der Waals surface area (Å²) < 4.78 is 5.73. The molecular weight excluding hydrogens is 418 g/mol. The Labute approximate surface area is 192 Å². The van der Waals surface area contributed by atoms with Crippen LogP contribution in [0.1, 0.15) is 30.5 Å². The van der Waals surface area contributed by atoms with Crippen LogP contribution in [0.15, 0.2) is 88.7 Å². The number of hydrogen-bond acceptors (Lipinski definition) is 4. The summed E-state index contributed by atoms with van der Waals surface area (Å²) in [6.45, 7) is 6.19. The molecule has 0 atom stereocenters. The van der Waals surface area contributed by atoms with E-state index in [1.165, 1.54) is 16.7 Å². The predicted octanol–water partition coefficient (Wildman–Crippen LogP) is 5.85. The Bertz CT molecular complexity index is 1150. The van der Waals surface area contributed by atoms with Gasteiger partial charge >= 0.3 is 0 Å². The monoisotopic (exact) mass is 443 g/mol. The Hall–Kier alpha value is -3.31. The molecular formula is C27H25NO3S. The molecule has 3 aromatic rings. The van der Waals surface area contributed by atoms with E-state index >= 15 is 0 Å². The van der Waals surface area contributed by atoms with E-state index in [0.29, 0.717) is 16.0 Å². The largest absolute Gasteiger partial charge is 0.491 e. The van der Waals surface area contributed by atoms with Gasteiger partial charge in [0, 0.05) is 4.90 Å². The average molecular weight is 444 g/mol. The van der Waals surface area contributed by atoms with Crippen molar-refractivity contribution in [3.05, 3.63) is 100 Å². The van der Waals surface area contributed by atoms with Gasteiger partial charge in [-0.25, -0.2) is 0 Å². The molecule has 1 aliphatic rings. The van der Waals surface area contributed by atoms with Crippen molar-refractivity contribution in [1.29, 1.82) is 0 Å². The standard InChI is InChI=1S/C27H25NO3S/c1-18(2)31-22-15-13-21(14-16-22)24-25(32-23-7-5-4-6-8-23)27(30)28(26(24)29)17-20-11-9-19(3)10-12-20/h4-16,18H,17H2,1-3H3. The van der Waals surface area contributed by atoms with Gasteiger partial charge in [0.15, 0.2) is 0 Å². The molecule has 0 fully saturated rings. The summed E-state index contributed by atoms with van der Waals surface area (Å²) in [4.78, 5) is 29.5. The highest BCUT2D eigenvalue weighted by molar-refractivity contribution is 8.04. The lowest BCUT2D eigenvalue weighted by molar-refractivity contribution is -0.137. The first kappa shape index (κ1) is 21.9. The Morgan fingerprint density at radius 2 is 1.50 bits per heavy atom. The number of carbonyl (C=O) groups excluding carboxylic acids is 2. The number of carbonyl (C=O) groups is 2. The van der Waals surface area contributed by atoms with Gasteiger partial charge in [0.05, 0.1) is 23.1 Å². The van der Waals surface area contributed by atoms with E-state index in [2.05, 4.69) is 0 Å². The van der Waals surface area contributed by atoms with E-state index in [1.54, 1.807) is 0 Å². The number of nitrogens with zero attached hydrogens (tertiary/aromatic N) is 1. The molecule has 32 heavy (non-hydrogen) atoms. The smallest absolute Gasteiger partial charge is 0.268 e. The number of benzene rings is 3. The molecule has 1 heterocycles. The highest BCUT2D eigenvalue weighted by Gasteiger charge is 2.39. The molecule has 0 bridgehead atoms. The van der Waals surface area contributed by atoms with E-state index in [-0.39, 0.29) is 24.5 Å². The average Bonchev–Trinajstić information content (AvgIpc) is 3.00. The minimum absolute atomic E-state index is 0.0592. The number of amides is 2. The summed E-state index contributed by atoms with van der Waals surface area (Å²) in [5, 5.41) is 0. The van der Waals surface area contributed by atoms with Gasteiger partial charge in [-0.05, 0) is 56.2 Å². The molecule has 0 spiro atoms. The van der Waals surface area contributed by atoms with Gasteiger partial charge in [-0.2, -0.15) is 0 Å². The molecule has 0 saturated heterocycles. The van der Waals surface area contributed by atoms with Crippen LogP contribution in [0.25, 0.3) is 5.57 Å². The number of hydrogen-bond donors (Lipinski definition) is 0. The summed E-state index contributed by atoms with van der Waals surface area (Å²) in [5.41, 5.74) is 3.20. The van der Waals surface area contributed by atoms with E-state index in [4.69, 9.17) is 4.74 Å². The van der Waals surface area contributed by atoms with Crippen LogP contribution in [-0.2, 0) is 16.1 Å². The second kappa shape index (κ2) is 9.45. The topological polar surface area (TPSA) is 46.6 Å². The van der Waals surface area contributed by atoms with Gasteiger partial charge in [-0.3, -0.25) is 14.5 Å². The quantitative estimate of drug-likeness (QED) is 0.430. The molecule has 0 radical (unpaired) electrons. The molecule has 4 rings (SSSR count). The summed E-state index contributed by atoms with van der Waals surface area (Å²) in [5.74, 6) is 0.198. The minimum atomic E-state index is -0.272. The third-order valence-corrected chi connectivity index (χ3v) is 6.16. The van der Waals surface area contributed by atoms with Crippen molar-refractivity contribution >= 4 is 29.1 Å². The van der Waals surface area contributed by atoms with Crippen LogP contribution >= 0.6 is 11.8 Å². The third kappa shape index (κ3) is 4.78. The summed E-state index contributed by atoms with van der Waals surface area (Å²) in [7, 11) is 0. The van der Waals surface area contributed by atoms with Gasteiger partial charge in [0.1, 0.15) is 5.75 Å². The maximum absolute atomic E-state index is 13.5. The van der Waals surface area contributed by atoms with Crippen molar-refractivity contribution in [2.75, 3.05) is 0 Å². The van der Waals surface area contributed by atoms with Crippen LogP contribution in [0.2, 0.25) is 0 Å². The maximum atomic E-state index is 13.5. The normalized spacial score (nSPS) is 13.9. The van der Waals surface area contributed by atoms with Crippen LogP contribution in [0.4, 0.5) is 0 Å². The Balaban J connectivity index is 1.69.